The molecular weight excluding hydrogens is 299 g/mol. The fraction of sp³-hybridized carbons (Fsp3) is 0.526. The van der Waals surface area contributed by atoms with Crippen molar-refractivity contribution in [1.29, 1.82) is 0 Å². The van der Waals surface area contributed by atoms with E-state index < -0.39 is 11.7 Å². The number of pyridine rings is 1. The van der Waals surface area contributed by atoms with Gasteiger partial charge in [0.1, 0.15) is 0 Å². The first kappa shape index (κ1) is 21.4. The van der Waals surface area contributed by atoms with Crippen molar-refractivity contribution in [1.82, 2.24) is 4.98 Å². The van der Waals surface area contributed by atoms with Gasteiger partial charge in [-0.25, -0.2) is 0 Å². The molecule has 0 aliphatic carbocycles. The van der Waals surface area contributed by atoms with Gasteiger partial charge < -0.3 is 0 Å². The highest BCUT2D eigenvalue weighted by atomic mass is 19.4. The minimum Gasteiger partial charge on any atom is -0.252 e. The van der Waals surface area contributed by atoms with Gasteiger partial charge in [0.15, 0.2) is 0 Å². The molecule has 0 aliphatic heterocycles. The Morgan fingerprint density at radius 1 is 1.00 bits per heavy atom. The lowest BCUT2D eigenvalue weighted by atomic mass is 10.0. The van der Waals surface area contributed by atoms with Gasteiger partial charge in [0.2, 0.25) is 0 Å². The van der Waals surface area contributed by atoms with Gasteiger partial charge in [0.05, 0.1) is 11.1 Å². The maximum Gasteiger partial charge on any atom is 0.418 e. The van der Waals surface area contributed by atoms with Gasteiger partial charge in [-0.3, -0.25) is 4.98 Å². The molecule has 1 nitrogen and oxygen atoms in total. The van der Waals surface area contributed by atoms with Crippen molar-refractivity contribution in [3.05, 3.63) is 41.6 Å². The number of nitrogens with zero attached hydrogens (tertiary/aromatic N) is 1. The lowest BCUT2D eigenvalue weighted by molar-refractivity contribution is -0.136. The van der Waals surface area contributed by atoms with E-state index in [1.54, 1.807) is 18.2 Å². The van der Waals surface area contributed by atoms with E-state index in [9.17, 15) is 13.2 Å². The number of hydrogen-bond acceptors (Lipinski definition) is 1. The van der Waals surface area contributed by atoms with Gasteiger partial charge in [0.25, 0.3) is 0 Å². The lowest BCUT2D eigenvalue weighted by Crippen LogP contribution is -2.07. The Balaban J connectivity index is 0.000000868. The molecule has 130 valence electrons. The van der Waals surface area contributed by atoms with E-state index in [0.717, 1.165) is 6.07 Å². The SMILES string of the molecule is CC.CC(C)Cc1ccc2cccc(C(F)(F)F)c2n1.CCC. The van der Waals surface area contributed by atoms with E-state index in [2.05, 4.69) is 18.8 Å². The molecule has 0 saturated heterocycles. The highest BCUT2D eigenvalue weighted by Crippen LogP contribution is 2.33. The number of rotatable bonds is 2. The van der Waals surface area contributed by atoms with Gasteiger partial charge in [-0.1, -0.05) is 66.2 Å². The highest BCUT2D eigenvalue weighted by Gasteiger charge is 2.33. The Morgan fingerprint density at radius 2 is 1.57 bits per heavy atom. The monoisotopic (exact) mass is 327 g/mol. The number of benzene rings is 1. The number of alkyl halides is 3. The normalized spacial score (nSPS) is 10.7. The number of fused-ring (bicyclic) bond motifs is 1. The van der Waals surface area contributed by atoms with Crippen LogP contribution in [0.4, 0.5) is 13.2 Å². The molecule has 0 N–H and O–H groups in total. The summed E-state index contributed by atoms with van der Waals surface area (Å²) in [4.78, 5) is 4.16. The second-order valence-corrected chi connectivity index (χ2v) is 5.48. The molecule has 0 unspecified atom stereocenters. The zero-order chi connectivity index (χ0) is 18.0. The third kappa shape index (κ3) is 7.02. The molecular formula is C19H28F3N. The third-order valence-electron chi connectivity index (χ3n) is 2.70. The van der Waals surface area contributed by atoms with Crippen molar-refractivity contribution in [2.75, 3.05) is 0 Å². The van der Waals surface area contributed by atoms with Crippen LogP contribution in [0.3, 0.4) is 0 Å². The predicted molar refractivity (Wildman–Crippen MR) is 92.6 cm³/mol. The van der Waals surface area contributed by atoms with E-state index in [-0.39, 0.29) is 5.52 Å². The zero-order valence-corrected chi connectivity index (χ0v) is 15.0. The van der Waals surface area contributed by atoms with Crippen LogP contribution in [0.5, 0.6) is 0 Å². The van der Waals surface area contributed by atoms with Crippen molar-refractivity contribution in [3.8, 4) is 0 Å². The van der Waals surface area contributed by atoms with Gasteiger partial charge in [-0.15, -0.1) is 0 Å². The van der Waals surface area contributed by atoms with Crippen LogP contribution in [0, 0.1) is 5.92 Å². The Hall–Kier alpha value is -1.58. The molecule has 1 aromatic heterocycles. The molecule has 2 aromatic rings. The van der Waals surface area contributed by atoms with Gasteiger partial charge in [-0.05, 0) is 24.5 Å². The summed E-state index contributed by atoms with van der Waals surface area (Å²) in [6.07, 6.45) is -2.43. The molecule has 0 saturated carbocycles. The van der Waals surface area contributed by atoms with Gasteiger partial charge in [-0.2, -0.15) is 13.2 Å². The van der Waals surface area contributed by atoms with E-state index in [1.165, 1.54) is 12.5 Å². The van der Waals surface area contributed by atoms with E-state index in [0.29, 0.717) is 23.4 Å². The van der Waals surface area contributed by atoms with Crippen LogP contribution in [-0.2, 0) is 12.6 Å². The largest absolute Gasteiger partial charge is 0.418 e. The third-order valence-corrected chi connectivity index (χ3v) is 2.70. The highest BCUT2D eigenvalue weighted by molar-refractivity contribution is 5.82. The lowest BCUT2D eigenvalue weighted by Gasteiger charge is -2.11. The van der Waals surface area contributed by atoms with Crippen LogP contribution in [-0.4, -0.2) is 4.98 Å². The van der Waals surface area contributed by atoms with Gasteiger partial charge in [0, 0.05) is 11.1 Å². The smallest absolute Gasteiger partial charge is 0.252 e. The number of para-hydroxylation sites is 1. The Bertz CT molecular complexity index is 574. The van der Waals surface area contributed by atoms with E-state index >= 15 is 0 Å². The number of aromatic nitrogens is 1. The van der Waals surface area contributed by atoms with Crippen molar-refractivity contribution in [2.24, 2.45) is 5.92 Å². The molecule has 23 heavy (non-hydrogen) atoms. The minimum absolute atomic E-state index is 0.0446. The van der Waals surface area contributed by atoms with Crippen molar-refractivity contribution in [2.45, 2.75) is 60.6 Å². The van der Waals surface area contributed by atoms with E-state index in [4.69, 9.17) is 0 Å². The van der Waals surface area contributed by atoms with Crippen molar-refractivity contribution < 1.29 is 13.2 Å². The quantitative estimate of drug-likeness (QED) is 0.585. The number of hydrogen-bond donors (Lipinski definition) is 0. The molecule has 1 aromatic carbocycles. The first-order valence-electron chi connectivity index (χ1n) is 8.25. The second-order valence-electron chi connectivity index (χ2n) is 5.48. The average molecular weight is 327 g/mol. The topological polar surface area (TPSA) is 12.9 Å². The van der Waals surface area contributed by atoms with E-state index in [1.807, 2.05) is 27.7 Å². The van der Waals surface area contributed by atoms with Crippen molar-refractivity contribution in [3.63, 3.8) is 0 Å². The van der Waals surface area contributed by atoms with Crippen LogP contribution < -0.4 is 0 Å². The summed E-state index contributed by atoms with van der Waals surface area (Å²) in [6, 6.07) is 7.64. The molecule has 0 atom stereocenters. The fourth-order valence-electron chi connectivity index (χ4n) is 1.95. The molecule has 0 aliphatic rings. The fourth-order valence-corrected chi connectivity index (χ4v) is 1.95. The molecule has 0 radical (unpaired) electrons. The summed E-state index contributed by atoms with van der Waals surface area (Å²) in [6.45, 7) is 12.3. The minimum atomic E-state index is -4.36. The number of halogens is 3. The molecule has 1 heterocycles. The summed E-state index contributed by atoms with van der Waals surface area (Å²) in [5, 5.41) is 0.525. The summed E-state index contributed by atoms with van der Waals surface area (Å²) in [5.41, 5.74) is 0.0861. The van der Waals surface area contributed by atoms with Crippen LogP contribution in [0.25, 0.3) is 10.9 Å². The van der Waals surface area contributed by atoms with Gasteiger partial charge >= 0.3 is 6.18 Å². The van der Waals surface area contributed by atoms with Crippen LogP contribution in [0.15, 0.2) is 30.3 Å². The zero-order valence-electron chi connectivity index (χ0n) is 15.0. The molecule has 0 spiro atoms. The summed E-state index contributed by atoms with van der Waals surface area (Å²) < 4.78 is 38.6. The molecule has 2 rings (SSSR count). The second kappa shape index (κ2) is 10.2. The Labute approximate surface area is 137 Å². The molecule has 4 heteroatoms. The van der Waals surface area contributed by atoms with Crippen molar-refractivity contribution >= 4 is 10.9 Å². The maximum atomic E-state index is 12.9. The first-order chi connectivity index (χ1) is 10.8. The molecule has 0 amide bonds. The molecule has 0 bridgehead atoms. The summed E-state index contributed by atoms with van der Waals surface area (Å²) in [7, 11) is 0. The maximum absolute atomic E-state index is 12.9. The van der Waals surface area contributed by atoms with Crippen LogP contribution >= 0.6 is 0 Å². The first-order valence-corrected chi connectivity index (χ1v) is 8.25. The average Bonchev–Trinajstić information content (AvgIpc) is 2.48. The Morgan fingerprint density at radius 3 is 2.04 bits per heavy atom. The van der Waals surface area contributed by atoms with Crippen LogP contribution in [0.1, 0.15) is 59.2 Å². The van der Waals surface area contributed by atoms with Crippen LogP contribution in [0.2, 0.25) is 0 Å². The molecule has 0 fully saturated rings. The Kier molecular flexibility index (Phi) is 9.54. The predicted octanol–water partition coefficient (Wildman–Crippen LogP) is 6.89. The summed E-state index contributed by atoms with van der Waals surface area (Å²) >= 11 is 0. The standard InChI is InChI=1S/C14H14F3N.C3H8.C2H6/c1-9(2)8-11-7-6-10-4-3-5-12(13(10)18-11)14(15,16)17;1-3-2;1-2/h3-7,9H,8H2,1-2H3;3H2,1-2H3;1-2H3. The summed E-state index contributed by atoms with van der Waals surface area (Å²) in [5.74, 6) is 0.369.